The summed E-state index contributed by atoms with van der Waals surface area (Å²) >= 11 is 0. The zero-order valence-corrected chi connectivity index (χ0v) is 17.2. The smallest absolute Gasteiger partial charge is 0.255 e. The fourth-order valence-corrected chi connectivity index (χ4v) is 4.80. The standard InChI is InChI=1S/C21H29N5O3/c1-16-23-24-19(29-16)18-14-25(9-4-12-28-2)15-21(18)6-10-26(11-7-21)20(27)17-5-3-8-22-13-17/h3,5,8,13,18H,4,6-7,9-12,14-15H2,1-2H3. The molecule has 1 unspecified atom stereocenters. The molecule has 0 aromatic carbocycles. The van der Waals surface area contributed by atoms with Gasteiger partial charge in [0, 0.05) is 65.8 Å². The van der Waals surface area contributed by atoms with E-state index in [1.807, 2.05) is 24.0 Å². The Morgan fingerprint density at radius 1 is 1.34 bits per heavy atom. The minimum absolute atomic E-state index is 0.0630. The van der Waals surface area contributed by atoms with Gasteiger partial charge in [-0.2, -0.15) is 0 Å². The third-order valence-electron chi connectivity index (χ3n) is 6.34. The summed E-state index contributed by atoms with van der Waals surface area (Å²) in [5, 5.41) is 8.42. The van der Waals surface area contributed by atoms with Crippen molar-refractivity contribution in [1.82, 2.24) is 25.0 Å². The fourth-order valence-electron chi connectivity index (χ4n) is 4.80. The van der Waals surface area contributed by atoms with Crippen LogP contribution in [0.4, 0.5) is 0 Å². The summed E-state index contributed by atoms with van der Waals surface area (Å²) in [6, 6.07) is 3.64. The summed E-state index contributed by atoms with van der Waals surface area (Å²) in [7, 11) is 1.74. The zero-order chi connectivity index (χ0) is 20.3. The number of hydrogen-bond donors (Lipinski definition) is 0. The summed E-state index contributed by atoms with van der Waals surface area (Å²) < 4.78 is 11.1. The van der Waals surface area contributed by atoms with Crippen LogP contribution in [0.15, 0.2) is 28.9 Å². The third-order valence-corrected chi connectivity index (χ3v) is 6.34. The van der Waals surface area contributed by atoms with E-state index in [9.17, 15) is 4.79 Å². The van der Waals surface area contributed by atoms with E-state index in [1.54, 1.807) is 19.5 Å². The predicted octanol–water partition coefficient (Wildman–Crippen LogP) is 2.13. The molecule has 0 radical (unpaired) electrons. The third kappa shape index (κ3) is 4.18. The van der Waals surface area contributed by atoms with Gasteiger partial charge in [0.1, 0.15) is 0 Å². The van der Waals surface area contributed by atoms with Gasteiger partial charge in [-0.05, 0) is 36.8 Å². The van der Waals surface area contributed by atoms with Crippen LogP contribution in [-0.4, -0.2) is 77.3 Å². The number of carbonyl (C=O) groups excluding carboxylic acids is 1. The van der Waals surface area contributed by atoms with Gasteiger partial charge >= 0.3 is 0 Å². The number of aromatic nitrogens is 3. The lowest BCUT2D eigenvalue weighted by Gasteiger charge is -2.41. The van der Waals surface area contributed by atoms with Gasteiger partial charge in [0.25, 0.3) is 5.91 Å². The van der Waals surface area contributed by atoms with Crippen LogP contribution in [0.1, 0.15) is 47.3 Å². The van der Waals surface area contributed by atoms with Gasteiger partial charge in [-0.3, -0.25) is 9.78 Å². The van der Waals surface area contributed by atoms with Crippen molar-refractivity contribution in [2.45, 2.75) is 32.1 Å². The van der Waals surface area contributed by atoms with Crippen LogP contribution in [0.3, 0.4) is 0 Å². The maximum atomic E-state index is 12.8. The van der Waals surface area contributed by atoms with Crippen LogP contribution in [0.2, 0.25) is 0 Å². The molecular weight excluding hydrogens is 370 g/mol. The molecule has 1 amide bonds. The topological polar surface area (TPSA) is 84.6 Å². The molecule has 1 atom stereocenters. The number of pyridine rings is 1. The minimum Gasteiger partial charge on any atom is -0.425 e. The van der Waals surface area contributed by atoms with Crippen molar-refractivity contribution in [1.29, 1.82) is 0 Å². The van der Waals surface area contributed by atoms with Crippen LogP contribution < -0.4 is 0 Å². The van der Waals surface area contributed by atoms with Gasteiger partial charge in [-0.15, -0.1) is 10.2 Å². The second-order valence-corrected chi connectivity index (χ2v) is 8.19. The molecule has 4 heterocycles. The normalized spacial score (nSPS) is 21.7. The van der Waals surface area contributed by atoms with Crippen LogP contribution in [0, 0.1) is 12.3 Å². The number of likely N-dealkylation sites (tertiary alicyclic amines) is 2. The van der Waals surface area contributed by atoms with Gasteiger partial charge in [-0.25, -0.2) is 0 Å². The maximum Gasteiger partial charge on any atom is 0.255 e. The van der Waals surface area contributed by atoms with E-state index < -0.39 is 0 Å². The maximum absolute atomic E-state index is 12.8. The Labute approximate surface area is 171 Å². The second-order valence-electron chi connectivity index (χ2n) is 8.19. The molecule has 0 bridgehead atoms. The molecule has 0 N–H and O–H groups in total. The van der Waals surface area contributed by atoms with Crippen LogP contribution in [0.25, 0.3) is 0 Å². The number of amides is 1. The summed E-state index contributed by atoms with van der Waals surface area (Å²) in [4.78, 5) is 21.3. The predicted molar refractivity (Wildman–Crippen MR) is 107 cm³/mol. The molecule has 29 heavy (non-hydrogen) atoms. The molecule has 8 heteroatoms. The lowest BCUT2D eigenvalue weighted by molar-refractivity contribution is 0.0545. The highest BCUT2D eigenvalue weighted by molar-refractivity contribution is 5.93. The number of methoxy groups -OCH3 is 1. The molecular formula is C21H29N5O3. The van der Waals surface area contributed by atoms with Crippen molar-refractivity contribution in [3.8, 4) is 0 Å². The van der Waals surface area contributed by atoms with Crippen LogP contribution >= 0.6 is 0 Å². The van der Waals surface area contributed by atoms with E-state index in [4.69, 9.17) is 9.15 Å². The Morgan fingerprint density at radius 2 is 2.17 bits per heavy atom. The first kappa shape index (κ1) is 20.0. The molecule has 2 aromatic heterocycles. The Bertz CT molecular complexity index is 817. The first-order valence-electron chi connectivity index (χ1n) is 10.3. The van der Waals surface area contributed by atoms with Gasteiger partial charge in [-0.1, -0.05) is 0 Å². The first-order valence-corrected chi connectivity index (χ1v) is 10.3. The number of carbonyl (C=O) groups is 1. The van der Waals surface area contributed by atoms with Crippen molar-refractivity contribution in [2.75, 3.05) is 46.4 Å². The molecule has 2 saturated heterocycles. The molecule has 2 aliphatic rings. The second kappa shape index (κ2) is 8.59. The average Bonchev–Trinajstić information content (AvgIpc) is 3.32. The van der Waals surface area contributed by atoms with E-state index in [-0.39, 0.29) is 17.2 Å². The Morgan fingerprint density at radius 3 is 2.83 bits per heavy atom. The Kier molecular flexibility index (Phi) is 5.91. The first-order chi connectivity index (χ1) is 14.1. The monoisotopic (exact) mass is 399 g/mol. The van der Waals surface area contributed by atoms with E-state index in [0.717, 1.165) is 64.5 Å². The highest BCUT2D eigenvalue weighted by Crippen LogP contribution is 2.49. The summed E-state index contributed by atoms with van der Waals surface area (Å²) in [6.07, 6.45) is 6.21. The highest BCUT2D eigenvalue weighted by atomic mass is 16.5. The van der Waals surface area contributed by atoms with Crippen LogP contribution in [-0.2, 0) is 4.74 Å². The SMILES string of the molecule is COCCCN1CC(c2nnc(C)o2)C2(CCN(C(=O)c3cccnc3)CC2)C1. The molecule has 4 rings (SSSR count). The van der Waals surface area contributed by atoms with E-state index in [2.05, 4.69) is 20.1 Å². The molecule has 156 valence electrons. The summed E-state index contributed by atoms with van der Waals surface area (Å²) in [5.41, 5.74) is 0.720. The van der Waals surface area contributed by atoms with Crippen molar-refractivity contribution in [3.63, 3.8) is 0 Å². The van der Waals surface area contributed by atoms with Gasteiger partial charge < -0.3 is 19.0 Å². The summed E-state index contributed by atoms with van der Waals surface area (Å²) in [6.45, 7) is 6.99. The number of ether oxygens (including phenoxy) is 1. The quantitative estimate of drug-likeness (QED) is 0.688. The number of hydrogen-bond acceptors (Lipinski definition) is 7. The highest BCUT2D eigenvalue weighted by Gasteiger charge is 2.51. The number of nitrogens with zero attached hydrogens (tertiary/aromatic N) is 5. The van der Waals surface area contributed by atoms with Gasteiger partial charge in [0.15, 0.2) is 0 Å². The Balaban J connectivity index is 1.47. The van der Waals surface area contributed by atoms with Crippen molar-refractivity contribution < 1.29 is 13.9 Å². The lowest BCUT2D eigenvalue weighted by Crippen LogP contribution is -2.46. The van der Waals surface area contributed by atoms with Crippen molar-refractivity contribution in [2.24, 2.45) is 5.41 Å². The van der Waals surface area contributed by atoms with Gasteiger partial charge in [0.05, 0.1) is 11.5 Å². The number of rotatable bonds is 6. The van der Waals surface area contributed by atoms with Crippen LogP contribution in [0.5, 0.6) is 0 Å². The Hall–Kier alpha value is -2.32. The molecule has 8 nitrogen and oxygen atoms in total. The van der Waals surface area contributed by atoms with Gasteiger partial charge in [0.2, 0.25) is 11.8 Å². The molecule has 1 spiro atoms. The summed E-state index contributed by atoms with van der Waals surface area (Å²) in [5.74, 6) is 1.62. The van der Waals surface area contributed by atoms with E-state index in [1.165, 1.54) is 0 Å². The van der Waals surface area contributed by atoms with E-state index in [0.29, 0.717) is 11.5 Å². The number of aryl methyl sites for hydroxylation is 1. The fraction of sp³-hybridized carbons (Fsp3) is 0.619. The number of piperidine rings is 1. The van der Waals surface area contributed by atoms with Crippen molar-refractivity contribution in [3.05, 3.63) is 41.9 Å². The zero-order valence-electron chi connectivity index (χ0n) is 17.2. The van der Waals surface area contributed by atoms with E-state index >= 15 is 0 Å². The molecule has 0 saturated carbocycles. The largest absolute Gasteiger partial charge is 0.425 e. The molecule has 2 aromatic rings. The molecule has 0 aliphatic carbocycles. The molecule has 2 fully saturated rings. The molecule has 2 aliphatic heterocycles. The lowest BCUT2D eigenvalue weighted by atomic mass is 9.70. The van der Waals surface area contributed by atoms with Crippen molar-refractivity contribution >= 4 is 5.91 Å². The minimum atomic E-state index is 0.0630. The average molecular weight is 399 g/mol.